The highest BCUT2D eigenvalue weighted by molar-refractivity contribution is 5.53. The van der Waals surface area contributed by atoms with Crippen molar-refractivity contribution in [1.29, 1.82) is 0 Å². The summed E-state index contributed by atoms with van der Waals surface area (Å²) in [5.74, 6) is 1.71. The molecule has 1 N–H and O–H groups in total. The van der Waals surface area contributed by atoms with Gasteiger partial charge in [-0.3, -0.25) is 4.79 Å². The maximum Gasteiger partial charge on any atom is 0.259 e. The van der Waals surface area contributed by atoms with E-state index in [1.54, 1.807) is 12.3 Å². The van der Waals surface area contributed by atoms with Crippen molar-refractivity contribution >= 4 is 0 Å². The van der Waals surface area contributed by atoms with E-state index in [9.17, 15) is 4.79 Å². The molecule has 128 valence electrons. The number of aromatic nitrogens is 4. The molecule has 0 amide bonds. The quantitative estimate of drug-likeness (QED) is 0.795. The minimum Gasteiger partial charge on any atom is -0.381 e. The number of H-pyrrole nitrogens is 1. The summed E-state index contributed by atoms with van der Waals surface area (Å²) in [5.41, 5.74) is 1.52. The Morgan fingerprint density at radius 1 is 1.12 bits per heavy atom. The average Bonchev–Trinajstić information content (AvgIpc) is 3.07. The van der Waals surface area contributed by atoms with E-state index in [1.807, 2.05) is 28.9 Å². The van der Waals surface area contributed by atoms with Gasteiger partial charge in [0.15, 0.2) is 11.6 Å². The van der Waals surface area contributed by atoms with Crippen LogP contribution < -0.4 is 5.56 Å². The first-order valence-electron chi connectivity index (χ1n) is 8.56. The van der Waals surface area contributed by atoms with Crippen LogP contribution in [0.15, 0.2) is 53.5 Å². The predicted octanol–water partition coefficient (Wildman–Crippen LogP) is 2.58. The molecule has 3 aromatic rings. The van der Waals surface area contributed by atoms with E-state index in [-0.39, 0.29) is 11.5 Å². The molecule has 0 atom stereocenters. The molecule has 1 fully saturated rings. The molecule has 1 aliphatic rings. The Hall–Kier alpha value is -2.73. The van der Waals surface area contributed by atoms with Gasteiger partial charge in [-0.2, -0.15) is 5.10 Å². The van der Waals surface area contributed by atoms with Crippen LogP contribution in [0.4, 0.5) is 0 Å². The highest BCUT2D eigenvalue weighted by Gasteiger charge is 2.23. The predicted molar refractivity (Wildman–Crippen MR) is 94.4 cm³/mol. The van der Waals surface area contributed by atoms with Crippen LogP contribution in [-0.4, -0.2) is 33.0 Å². The van der Waals surface area contributed by atoms with Crippen molar-refractivity contribution in [3.8, 4) is 11.4 Å². The van der Waals surface area contributed by atoms with E-state index < -0.39 is 0 Å². The molecule has 0 saturated carbocycles. The van der Waals surface area contributed by atoms with Gasteiger partial charge in [0.2, 0.25) is 0 Å². The lowest BCUT2D eigenvalue weighted by Gasteiger charge is -2.18. The van der Waals surface area contributed by atoms with Gasteiger partial charge in [0.1, 0.15) is 0 Å². The summed E-state index contributed by atoms with van der Waals surface area (Å²) < 4.78 is 7.28. The Morgan fingerprint density at radius 3 is 2.68 bits per heavy atom. The first kappa shape index (κ1) is 15.8. The summed E-state index contributed by atoms with van der Waals surface area (Å²) in [7, 11) is 0. The van der Waals surface area contributed by atoms with Gasteiger partial charge < -0.3 is 9.72 Å². The number of aromatic amines is 1. The number of nitrogens with one attached hydrogen (secondary N) is 1. The van der Waals surface area contributed by atoms with E-state index in [0.717, 1.165) is 37.4 Å². The lowest BCUT2D eigenvalue weighted by molar-refractivity contribution is 0.0835. The molecule has 1 aliphatic heterocycles. The fourth-order valence-electron chi connectivity index (χ4n) is 3.15. The van der Waals surface area contributed by atoms with E-state index >= 15 is 0 Å². The van der Waals surface area contributed by atoms with Gasteiger partial charge in [-0.15, -0.1) is 0 Å². The molecule has 0 radical (unpaired) electrons. The standard InChI is InChI=1S/C19H20N4O2/c24-19-16(7-4-10-20-19)18-21-17(15-8-11-25-12-9-15)22-23(18)13-14-5-2-1-3-6-14/h1-7,10,15H,8-9,11-13H2,(H,20,24). The van der Waals surface area contributed by atoms with Crippen LogP contribution in [0.3, 0.4) is 0 Å². The van der Waals surface area contributed by atoms with Crippen molar-refractivity contribution in [2.75, 3.05) is 13.2 Å². The van der Waals surface area contributed by atoms with Crippen molar-refractivity contribution < 1.29 is 4.74 Å². The molecule has 0 spiro atoms. The van der Waals surface area contributed by atoms with Crippen molar-refractivity contribution in [3.05, 3.63) is 70.4 Å². The number of pyridine rings is 1. The zero-order valence-electron chi connectivity index (χ0n) is 13.9. The molecule has 0 unspecified atom stereocenters. The van der Waals surface area contributed by atoms with Crippen molar-refractivity contribution in [1.82, 2.24) is 19.7 Å². The van der Waals surface area contributed by atoms with Crippen LogP contribution in [0.2, 0.25) is 0 Å². The van der Waals surface area contributed by atoms with Crippen LogP contribution in [0.5, 0.6) is 0 Å². The van der Waals surface area contributed by atoms with E-state index in [4.69, 9.17) is 14.8 Å². The van der Waals surface area contributed by atoms with Crippen LogP contribution in [-0.2, 0) is 11.3 Å². The second-order valence-electron chi connectivity index (χ2n) is 6.24. The Kier molecular flexibility index (Phi) is 4.43. The third-order valence-electron chi connectivity index (χ3n) is 4.51. The lowest BCUT2D eigenvalue weighted by atomic mass is 10.00. The molecule has 3 heterocycles. The lowest BCUT2D eigenvalue weighted by Crippen LogP contribution is -2.15. The zero-order valence-corrected chi connectivity index (χ0v) is 13.9. The summed E-state index contributed by atoms with van der Waals surface area (Å²) in [5, 5.41) is 4.74. The monoisotopic (exact) mass is 336 g/mol. The van der Waals surface area contributed by atoms with Gasteiger partial charge >= 0.3 is 0 Å². The third-order valence-corrected chi connectivity index (χ3v) is 4.51. The minimum atomic E-state index is -0.150. The SMILES string of the molecule is O=c1[nH]cccc1-c1nc(C2CCOCC2)nn1Cc1ccccc1. The van der Waals surface area contributed by atoms with Crippen molar-refractivity contribution in [3.63, 3.8) is 0 Å². The summed E-state index contributed by atoms with van der Waals surface area (Å²) in [6.07, 6.45) is 3.46. The molecule has 1 aromatic carbocycles. The Morgan fingerprint density at radius 2 is 1.92 bits per heavy atom. The van der Waals surface area contributed by atoms with Gasteiger partial charge in [0.25, 0.3) is 5.56 Å². The Bertz CT molecular complexity index is 895. The van der Waals surface area contributed by atoms with Gasteiger partial charge in [-0.1, -0.05) is 30.3 Å². The van der Waals surface area contributed by atoms with Gasteiger partial charge in [-0.05, 0) is 30.5 Å². The Balaban J connectivity index is 1.76. The topological polar surface area (TPSA) is 72.8 Å². The zero-order chi connectivity index (χ0) is 17.1. The third kappa shape index (κ3) is 3.39. The number of ether oxygens (including phenoxy) is 1. The van der Waals surface area contributed by atoms with E-state index in [0.29, 0.717) is 17.9 Å². The molecule has 6 heteroatoms. The fourth-order valence-corrected chi connectivity index (χ4v) is 3.15. The first-order valence-corrected chi connectivity index (χ1v) is 8.56. The van der Waals surface area contributed by atoms with Crippen LogP contribution in [0.25, 0.3) is 11.4 Å². The molecular weight excluding hydrogens is 316 g/mol. The van der Waals surface area contributed by atoms with Crippen LogP contribution in [0.1, 0.15) is 30.1 Å². The average molecular weight is 336 g/mol. The maximum absolute atomic E-state index is 12.3. The smallest absolute Gasteiger partial charge is 0.259 e. The van der Waals surface area contributed by atoms with Gasteiger partial charge in [0, 0.05) is 25.3 Å². The first-order chi connectivity index (χ1) is 12.3. The van der Waals surface area contributed by atoms with E-state index in [1.165, 1.54) is 0 Å². The number of rotatable bonds is 4. The molecule has 2 aromatic heterocycles. The molecule has 0 aliphatic carbocycles. The van der Waals surface area contributed by atoms with Crippen molar-refractivity contribution in [2.24, 2.45) is 0 Å². The van der Waals surface area contributed by atoms with Crippen molar-refractivity contribution in [2.45, 2.75) is 25.3 Å². The summed E-state index contributed by atoms with van der Waals surface area (Å²) in [6.45, 7) is 2.05. The van der Waals surface area contributed by atoms with Crippen LogP contribution >= 0.6 is 0 Å². The second kappa shape index (κ2) is 7.03. The molecule has 6 nitrogen and oxygen atoms in total. The number of nitrogens with zero attached hydrogens (tertiary/aromatic N) is 3. The second-order valence-corrected chi connectivity index (χ2v) is 6.24. The summed E-state index contributed by atoms with van der Waals surface area (Å²) in [6, 6.07) is 13.7. The Labute approximate surface area is 145 Å². The summed E-state index contributed by atoms with van der Waals surface area (Å²) >= 11 is 0. The maximum atomic E-state index is 12.3. The van der Waals surface area contributed by atoms with Gasteiger partial charge in [0.05, 0.1) is 12.1 Å². The molecule has 25 heavy (non-hydrogen) atoms. The highest BCUT2D eigenvalue weighted by atomic mass is 16.5. The highest BCUT2D eigenvalue weighted by Crippen LogP contribution is 2.26. The minimum absolute atomic E-state index is 0.150. The molecule has 0 bridgehead atoms. The summed E-state index contributed by atoms with van der Waals surface area (Å²) in [4.78, 5) is 19.7. The molecule has 4 rings (SSSR count). The largest absolute Gasteiger partial charge is 0.381 e. The van der Waals surface area contributed by atoms with Gasteiger partial charge in [-0.25, -0.2) is 9.67 Å². The number of hydrogen-bond acceptors (Lipinski definition) is 4. The van der Waals surface area contributed by atoms with E-state index in [2.05, 4.69) is 17.1 Å². The number of hydrogen-bond donors (Lipinski definition) is 1. The van der Waals surface area contributed by atoms with Crippen LogP contribution in [0, 0.1) is 0 Å². The molecular formula is C19H20N4O2. The number of benzene rings is 1. The molecule has 1 saturated heterocycles. The fraction of sp³-hybridized carbons (Fsp3) is 0.316. The normalized spacial score (nSPS) is 15.4.